The Kier molecular flexibility index (Phi) is 4.17. The summed E-state index contributed by atoms with van der Waals surface area (Å²) in [5.41, 5.74) is -1.43. The quantitative estimate of drug-likeness (QED) is 0.833. The van der Waals surface area contributed by atoms with Crippen molar-refractivity contribution in [2.45, 2.75) is 12.2 Å². The number of hydrogen-bond acceptors (Lipinski definition) is 3. The first-order valence-corrected chi connectivity index (χ1v) is 6.56. The van der Waals surface area contributed by atoms with E-state index in [0.717, 1.165) is 17.4 Å². The molecule has 1 aromatic heterocycles. The van der Waals surface area contributed by atoms with Crippen molar-refractivity contribution < 1.29 is 27.5 Å². The molecular weight excluding hydrogens is 310 g/mol. The van der Waals surface area contributed by atoms with E-state index in [2.05, 4.69) is 5.32 Å². The second-order valence-electron chi connectivity index (χ2n) is 4.12. The zero-order valence-electron chi connectivity index (χ0n) is 10.3. The van der Waals surface area contributed by atoms with Crippen LogP contribution in [0.1, 0.15) is 16.5 Å². The first kappa shape index (κ1) is 15.3. The van der Waals surface area contributed by atoms with Gasteiger partial charge in [0.2, 0.25) is 0 Å². The van der Waals surface area contributed by atoms with Gasteiger partial charge in [0, 0.05) is 4.88 Å². The molecular formula is C13H9F4NO2S. The van der Waals surface area contributed by atoms with Gasteiger partial charge in [0.25, 0.3) is 0 Å². The number of aliphatic carboxylic acids is 1. The molecule has 0 radical (unpaired) electrons. The van der Waals surface area contributed by atoms with Gasteiger partial charge in [-0.05, 0) is 29.6 Å². The van der Waals surface area contributed by atoms with Gasteiger partial charge in [-0.2, -0.15) is 13.2 Å². The number of hydrogen-bond donors (Lipinski definition) is 2. The van der Waals surface area contributed by atoms with Crippen molar-refractivity contribution in [2.24, 2.45) is 0 Å². The molecule has 0 aliphatic rings. The average Bonchev–Trinajstić information content (AvgIpc) is 2.89. The van der Waals surface area contributed by atoms with Gasteiger partial charge in [-0.25, -0.2) is 9.18 Å². The molecule has 2 aromatic rings. The number of thiophene rings is 1. The molecule has 0 spiro atoms. The Morgan fingerprint density at radius 2 is 2.00 bits per heavy atom. The molecule has 3 nitrogen and oxygen atoms in total. The maximum absolute atomic E-state index is 13.7. The Bertz CT molecular complexity index is 640. The predicted molar refractivity (Wildman–Crippen MR) is 69.7 cm³/mol. The van der Waals surface area contributed by atoms with Crippen molar-refractivity contribution in [3.05, 3.63) is 52.0 Å². The van der Waals surface area contributed by atoms with Crippen molar-refractivity contribution in [3.8, 4) is 0 Å². The number of carboxylic acid groups (broad SMARTS) is 1. The third-order valence-corrected chi connectivity index (χ3v) is 3.61. The van der Waals surface area contributed by atoms with Gasteiger partial charge in [-0.3, -0.25) is 0 Å². The second-order valence-corrected chi connectivity index (χ2v) is 5.10. The van der Waals surface area contributed by atoms with E-state index in [0.29, 0.717) is 17.0 Å². The van der Waals surface area contributed by atoms with Crippen molar-refractivity contribution in [2.75, 3.05) is 5.32 Å². The maximum atomic E-state index is 13.7. The number of carbonyl (C=O) groups is 1. The van der Waals surface area contributed by atoms with Crippen LogP contribution in [0.4, 0.5) is 23.2 Å². The van der Waals surface area contributed by atoms with Gasteiger partial charge in [0.05, 0.1) is 11.3 Å². The van der Waals surface area contributed by atoms with Crippen LogP contribution in [-0.4, -0.2) is 11.1 Å². The molecule has 0 bridgehead atoms. The van der Waals surface area contributed by atoms with Crippen LogP contribution in [0.2, 0.25) is 0 Å². The molecule has 8 heteroatoms. The SMILES string of the molecule is O=C(O)C(Nc1ccc(C(F)(F)F)cc1F)c1cccs1. The van der Waals surface area contributed by atoms with E-state index in [9.17, 15) is 22.4 Å². The largest absolute Gasteiger partial charge is 0.479 e. The highest BCUT2D eigenvalue weighted by atomic mass is 32.1. The lowest BCUT2D eigenvalue weighted by Gasteiger charge is -2.16. The fraction of sp³-hybridized carbons (Fsp3) is 0.154. The summed E-state index contributed by atoms with van der Waals surface area (Å²) in [7, 11) is 0. The van der Waals surface area contributed by atoms with Crippen LogP contribution in [0.3, 0.4) is 0 Å². The monoisotopic (exact) mass is 319 g/mol. The molecule has 0 aliphatic heterocycles. The summed E-state index contributed by atoms with van der Waals surface area (Å²) in [6.45, 7) is 0. The number of benzene rings is 1. The molecule has 112 valence electrons. The molecule has 0 amide bonds. The molecule has 2 rings (SSSR count). The highest BCUT2D eigenvalue weighted by Gasteiger charge is 2.31. The molecule has 0 saturated carbocycles. The molecule has 1 heterocycles. The van der Waals surface area contributed by atoms with Crippen molar-refractivity contribution >= 4 is 23.0 Å². The minimum Gasteiger partial charge on any atom is -0.479 e. The standard InChI is InChI=1S/C13H9F4NO2S/c14-8-6-7(13(15,16)17)3-4-9(8)18-11(12(19)20)10-2-1-5-21-10/h1-6,11,18H,(H,19,20). The van der Waals surface area contributed by atoms with Crippen LogP contribution in [0.15, 0.2) is 35.7 Å². The summed E-state index contributed by atoms with van der Waals surface area (Å²) in [6, 6.07) is 3.84. The van der Waals surface area contributed by atoms with Crippen LogP contribution in [0.25, 0.3) is 0 Å². The maximum Gasteiger partial charge on any atom is 0.416 e. The van der Waals surface area contributed by atoms with Crippen molar-refractivity contribution in [1.29, 1.82) is 0 Å². The Morgan fingerprint density at radius 1 is 1.29 bits per heavy atom. The Hall–Kier alpha value is -2.09. The first-order valence-electron chi connectivity index (χ1n) is 5.68. The van der Waals surface area contributed by atoms with E-state index in [1.54, 1.807) is 17.5 Å². The van der Waals surface area contributed by atoms with Crippen LogP contribution in [-0.2, 0) is 11.0 Å². The van der Waals surface area contributed by atoms with Gasteiger partial charge in [-0.15, -0.1) is 11.3 Å². The number of carboxylic acids is 1. The summed E-state index contributed by atoms with van der Waals surface area (Å²) >= 11 is 1.15. The summed E-state index contributed by atoms with van der Waals surface area (Å²) in [5.74, 6) is -2.41. The molecule has 1 unspecified atom stereocenters. The average molecular weight is 319 g/mol. The molecule has 1 aromatic carbocycles. The summed E-state index contributed by atoms with van der Waals surface area (Å²) < 4.78 is 51.0. The van der Waals surface area contributed by atoms with Gasteiger partial charge in [0.1, 0.15) is 5.82 Å². The van der Waals surface area contributed by atoms with Crippen LogP contribution in [0.5, 0.6) is 0 Å². The Labute approximate surface area is 120 Å². The van der Waals surface area contributed by atoms with Crippen LogP contribution >= 0.6 is 11.3 Å². The lowest BCUT2D eigenvalue weighted by atomic mass is 10.1. The van der Waals surface area contributed by atoms with E-state index in [1.165, 1.54) is 0 Å². The fourth-order valence-electron chi connectivity index (χ4n) is 1.67. The van der Waals surface area contributed by atoms with E-state index in [-0.39, 0.29) is 5.69 Å². The smallest absolute Gasteiger partial charge is 0.416 e. The third-order valence-electron chi connectivity index (χ3n) is 2.67. The zero-order chi connectivity index (χ0) is 15.6. The third kappa shape index (κ3) is 3.52. The molecule has 0 aliphatic carbocycles. The van der Waals surface area contributed by atoms with E-state index < -0.39 is 29.6 Å². The second kappa shape index (κ2) is 5.72. The Morgan fingerprint density at radius 3 is 2.48 bits per heavy atom. The molecule has 21 heavy (non-hydrogen) atoms. The number of anilines is 1. The topological polar surface area (TPSA) is 49.3 Å². The highest BCUT2D eigenvalue weighted by molar-refractivity contribution is 7.10. The van der Waals surface area contributed by atoms with Crippen LogP contribution < -0.4 is 5.32 Å². The minimum absolute atomic E-state index is 0.302. The van der Waals surface area contributed by atoms with E-state index in [4.69, 9.17) is 5.11 Å². The summed E-state index contributed by atoms with van der Waals surface area (Å²) in [6.07, 6.45) is -4.65. The first-order chi connectivity index (χ1) is 9.79. The normalized spacial score (nSPS) is 13.0. The zero-order valence-corrected chi connectivity index (χ0v) is 11.1. The van der Waals surface area contributed by atoms with Gasteiger partial charge in [0.15, 0.2) is 6.04 Å². The molecule has 2 N–H and O–H groups in total. The van der Waals surface area contributed by atoms with Gasteiger partial charge < -0.3 is 10.4 Å². The number of rotatable bonds is 4. The lowest BCUT2D eigenvalue weighted by Crippen LogP contribution is -2.20. The molecule has 1 atom stereocenters. The van der Waals surface area contributed by atoms with Crippen LogP contribution in [0, 0.1) is 5.82 Å². The van der Waals surface area contributed by atoms with E-state index in [1.807, 2.05) is 0 Å². The highest BCUT2D eigenvalue weighted by Crippen LogP contribution is 2.32. The summed E-state index contributed by atoms with van der Waals surface area (Å²) in [5, 5.41) is 13.2. The minimum atomic E-state index is -4.65. The fourth-order valence-corrected chi connectivity index (χ4v) is 2.44. The van der Waals surface area contributed by atoms with E-state index >= 15 is 0 Å². The van der Waals surface area contributed by atoms with Crippen molar-refractivity contribution in [1.82, 2.24) is 0 Å². The number of halogens is 4. The lowest BCUT2D eigenvalue weighted by molar-refractivity contribution is -0.138. The Balaban J connectivity index is 2.28. The van der Waals surface area contributed by atoms with Gasteiger partial charge in [-0.1, -0.05) is 6.07 Å². The van der Waals surface area contributed by atoms with Gasteiger partial charge >= 0.3 is 12.1 Å². The molecule has 0 fully saturated rings. The summed E-state index contributed by atoms with van der Waals surface area (Å²) in [4.78, 5) is 11.6. The number of alkyl halides is 3. The molecule has 0 saturated heterocycles. The predicted octanol–water partition coefficient (Wildman–Crippen LogP) is 4.14. The van der Waals surface area contributed by atoms with Crippen molar-refractivity contribution in [3.63, 3.8) is 0 Å². The number of nitrogens with one attached hydrogen (secondary N) is 1.